The third-order valence-electron chi connectivity index (χ3n) is 2.91. The van der Waals surface area contributed by atoms with E-state index in [-0.39, 0.29) is 0 Å². The van der Waals surface area contributed by atoms with Crippen molar-refractivity contribution in [3.63, 3.8) is 0 Å². The minimum absolute atomic E-state index is 0.712. The molecule has 1 radical (unpaired) electrons. The summed E-state index contributed by atoms with van der Waals surface area (Å²) in [6.07, 6.45) is 3.35. The highest BCUT2D eigenvalue weighted by Crippen LogP contribution is 2.42. The molecule has 1 aliphatic rings. The topological polar surface area (TPSA) is 39.4 Å². The SMILES string of the molecule is C1=Nc2c(-c3ccc(-c4cccs4)s3)ccnc2[N]1. The van der Waals surface area contributed by atoms with Gasteiger partial charge in [0.05, 0.1) is 0 Å². The Balaban J connectivity index is 1.82. The van der Waals surface area contributed by atoms with E-state index in [2.05, 4.69) is 44.9 Å². The minimum Gasteiger partial charge on any atom is -0.235 e. The van der Waals surface area contributed by atoms with Crippen LogP contribution in [-0.2, 0) is 0 Å². The van der Waals surface area contributed by atoms with E-state index >= 15 is 0 Å². The molecule has 0 aromatic carbocycles. The van der Waals surface area contributed by atoms with E-state index in [1.54, 1.807) is 35.2 Å². The van der Waals surface area contributed by atoms with Crippen LogP contribution in [0.3, 0.4) is 0 Å². The van der Waals surface area contributed by atoms with Gasteiger partial charge in [-0.3, -0.25) is 0 Å². The minimum atomic E-state index is 0.712. The monoisotopic (exact) mass is 282 g/mol. The lowest BCUT2D eigenvalue weighted by Gasteiger charge is -2.01. The Hall–Kier alpha value is -1.98. The van der Waals surface area contributed by atoms with Crippen molar-refractivity contribution in [1.82, 2.24) is 10.3 Å². The number of thiophene rings is 2. The first-order valence-electron chi connectivity index (χ1n) is 5.78. The number of aliphatic imine (C=N–C) groups is 1. The molecule has 0 amide bonds. The van der Waals surface area contributed by atoms with E-state index in [1.807, 2.05) is 6.07 Å². The maximum atomic E-state index is 4.30. The Labute approximate surface area is 118 Å². The summed E-state index contributed by atoms with van der Waals surface area (Å²) >= 11 is 3.54. The predicted molar refractivity (Wildman–Crippen MR) is 80.8 cm³/mol. The number of aromatic nitrogens is 1. The lowest BCUT2D eigenvalue weighted by Crippen LogP contribution is -1.88. The molecule has 0 fully saturated rings. The van der Waals surface area contributed by atoms with Crippen LogP contribution in [0.1, 0.15) is 0 Å². The number of nitrogens with zero attached hydrogens (tertiary/aromatic N) is 3. The fraction of sp³-hybridized carbons (Fsp3) is 0. The van der Waals surface area contributed by atoms with Gasteiger partial charge in [-0.05, 0) is 29.6 Å². The average Bonchev–Trinajstić information content (AvgIpc) is 3.18. The van der Waals surface area contributed by atoms with Crippen LogP contribution in [0.2, 0.25) is 0 Å². The zero-order chi connectivity index (χ0) is 12.7. The van der Waals surface area contributed by atoms with Gasteiger partial charge < -0.3 is 0 Å². The molecule has 0 saturated heterocycles. The Morgan fingerprint density at radius 2 is 1.89 bits per heavy atom. The Morgan fingerprint density at radius 1 is 0.947 bits per heavy atom. The summed E-state index contributed by atoms with van der Waals surface area (Å²) < 4.78 is 0. The number of fused-ring (bicyclic) bond motifs is 1. The molecule has 0 spiro atoms. The molecule has 0 N–H and O–H groups in total. The first-order valence-corrected chi connectivity index (χ1v) is 7.48. The van der Waals surface area contributed by atoms with E-state index in [4.69, 9.17) is 0 Å². The molecule has 4 heterocycles. The molecule has 4 rings (SSSR count). The molecule has 3 nitrogen and oxygen atoms in total. The van der Waals surface area contributed by atoms with E-state index in [9.17, 15) is 0 Å². The quantitative estimate of drug-likeness (QED) is 0.684. The van der Waals surface area contributed by atoms with E-state index < -0.39 is 0 Å². The van der Waals surface area contributed by atoms with Crippen LogP contribution >= 0.6 is 22.7 Å². The molecule has 19 heavy (non-hydrogen) atoms. The van der Waals surface area contributed by atoms with Crippen molar-refractivity contribution in [3.8, 4) is 20.2 Å². The van der Waals surface area contributed by atoms with Crippen LogP contribution in [0.4, 0.5) is 11.5 Å². The maximum Gasteiger partial charge on any atom is 0.180 e. The molecule has 0 saturated carbocycles. The normalized spacial score (nSPS) is 12.4. The standard InChI is InChI=1S/C14H8N3S2/c1-2-11(18-7-1)12-4-3-10(19-12)9-5-6-15-14-13(9)16-8-17-14/h1-8H. The Morgan fingerprint density at radius 3 is 2.79 bits per heavy atom. The van der Waals surface area contributed by atoms with Gasteiger partial charge >= 0.3 is 0 Å². The molecule has 1 aliphatic heterocycles. The second-order valence-corrected chi connectivity index (χ2v) is 6.08. The fourth-order valence-electron chi connectivity index (χ4n) is 2.04. The van der Waals surface area contributed by atoms with Crippen LogP contribution in [-0.4, -0.2) is 11.3 Å². The molecule has 0 bridgehead atoms. The molecule has 0 unspecified atom stereocenters. The predicted octanol–water partition coefficient (Wildman–Crippen LogP) is 4.45. The summed E-state index contributed by atoms with van der Waals surface area (Å²) in [4.78, 5) is 12.3. The van der Waals surface area contributed by atoms with Crippen molar-refractivity contribution < 1.29 is 0 Å². The van der Waals surface area contributed by atoms with Crippen LogP contribution in [0, 0.1) is 0 Å². The van der Waals surface area contributed by atoms with Gasteiger partial charge in [-0.2, -0.15) is 0 Å². The molecule has 0 aliphatic carbocycles. The number of hydrogen-bond acceptors (Lipinski definition) is 4. The van der Waals surface area contributed by atoms with Gasteiger partial charge in [0.2, 0.25) is 0 Å². The van der Waals surface area contributed by atoms with Crippen LogP contribution < -0.4 is 5.32 Å². The van der Waals surface area contributed by atoms with Gasteiger partial charge in [0.15, 0.2) is 5.82 Å². The van der Waals surface area contributed by atoms with Crippen LogP contribution in [0.15, 0.2) is 46.9 Å². The highest BCUT2D eigenvalue weighted by molar-refractivity contribution is 7.23. The second-order valence-electron chi connectivity index (χ2n) is 4.05. The molecular formula is C14H8N3S2. The van der Waals surface area contributed by atoms with Crippen molar-refractivity contribution in [1.29, 1.82) is 0 Å². The third kappa shape index (κ3) is 1.78. The van der Waals surface area contributed by atoms with Crippen LogP contribution in [0.5, 0.6) is 0 Å². The highest BCUT2D eigenvalue weighted by Gasteiger charge is 2.16. The van der Waals surface area contributed by atoms with Gasteiger partial charge in [0.25, 0.3) is 0 Å². The van der Waals surface area contributed by atoms with Gasteiger partial charge in [0, 0.05) is 26.4 Å². The van der Waals surface area contributed by atoms with Crippen molar-refractivity contribution in [2.45, 2.75) is 0 Å². The fourth-order valence-corrected chi connectivity index (χ4v) is 3.91. The number of hydrogen-bond donors (Lipinski definition) is 0. The van der Waals surface area contributed by atoms with Gasteiger partial charge in [0.1, 0.15) is 12.0 Å². The summed E-state index contributed by atoms with van der Waals surface area (Å²) in [6, 6.07) is 10.5. The van der Waals surface area contributed by atoms with Crippen molar-refractivity contribution in [3.05, 3.63) is 41.9 Å². The van der Waals surface area contributed by atoms with Gasteiger partial charge in [-0.15, -0.1) is 22.7 Å². The van der Waals surface area contributed by atoms with Gasteiger partial charge in [-0.1, -0.05) is 6.07 Å². The number of pyridine rings is 1. The smallest absolute Gasteiger partial charge is 0.180 e. The zero-order valence-electron chi connectivity index (χ0n) is 9.78. The van der Waals surface area contributed by atoms with Crippen molar-refractivity contribution in [2.75, 3.05) is 0 Å². The van der Waals surface area contributed by atoms with Crippen molar-refractivity contribution >= 4 is 40.5 Å². The van der Waals surface area contributed by atoms with E-state index in [0.29, 0.717) is 5.82 Å². The zero-order valence-corrected chi connectivity index (χ0v) is 11.4. The molecule has 91 valence electrons. The largest absolute Gasteiger partial charge is 0.235 e. The molecule has 0 atom stereocenters. The lowest BCUT2D eigenvalue weighted by molar-refractivity contribution is 1.20. The summed E-state index contributed by atoms with van der Waals surface area (Å²) in [5, 5.41) is 6.25. The molecule has 3 aromatic rings. The second kappa shape index (κ2) is 4.29. The molecule has 3 aromatic heterocycles. The average molecular weight is 282 g/mol. The third-order valence-corrected chi connectivity index (χ3v) is 5.09. The molecular weight excluding hydrogens is 274 g/mol. The van der Waals surface area contributed by atoms with E-state index in [1.165, 1.54) is 14.6 Å². The highest BCUT2D eigenvalue weighted by atomic mass is 32.1. The van der Waals surface area contributed by atoms with E-state index in [0.717, 1.165) is 11.3 Å². The molecule has 5 heteroatoms. The van der Waals surface area contributed by atoms with Crippen molar-refractivity contribution in [2.24, 2.45) is 4.99 Å². The summed E-state index contributed by atoms with van der Waals surface area (Å²) in [7, 11) is 0. The summed E-state index contributed by atoms with van der Waals surface area (Å²) in [5.74, 6) is 0.712. The summed E-state index contributed by atoms with van der Waals surface area (Å²) in [6.45, 7) is 0. The van der Waals surface area contributed by atoms with Gasteiger partial charge in [-0.25, -0.2) is 15.3 Å². The Bertz CT molecular complexity index is 757. The first-order chi connectivity index (χ1) is 9.42. The number of rotatable bonds is 2. The summed E-state index contributed by atoms with van der Waals surface area (Å²) in [5.41, 5.74) is 1.98. The Kier molecular flexibility index (Phi) is 2.46. The van der Waals surface area contributed by atoms with Crippen LogP contribution in [0.25, 0.3) is 20.2 Å². The lowest BCUT2D eigenvalue weighted by atomic mass is 10.2. The first kappa shape index (κ1) is 10.9. The maximum absolute atomic E-state index is 4.30.